The van der Waals surface area contributed by atoms with Gasteiger partial charge in [-0.05, 0) is 37.1 Å². The smallest absolute Gasteiger partial charge is 0.310 e. The van der Waals surface area contributed by atoms with Crippen molar-refractivity contribution in [1.29, 1.82) is 5.26 Å². The molecule has 22 heavy (non-hydrogen) atoms. The first-order valence-corrected chi connectivity index (χ1v) is 7.10. The van der Waals surface area contributed by atoms with Crippen molar-refractivity contribution in [2.75, 3.05) is 11.9 Å². The molecule has 2 N–H and O–H groups in total. The number of nitriles is 1. The van der Waals surface area contributed by atoms with Crippen LogP contribution >= 0.6 is 0 Å². The van der Waals surface area contributed by atoms with Gasteiger partial charge in [0.15, 0.2) is 6.61 Å². The van der Waals surface area contributed by atoms with Crippen LogP contribution in [0.1, 0.15) is 33.1 Å². The van der Waals surface area contributed by atoms with Crippen molar-refractivity contribution < 1.29 is 19.4 Å². The summed E-state index contributed by atoms with van der Waals surface area (Å²) in [5, 5.41) is 20.4. The minimum atomic E-state index is -1.03. The van der Waals surface area contributed by atoms with Gasteiger partial charge in [0.25, 0.3) is 0 Å². The summed E-state index contributed by atoms with van der Waals surface area (Å²) in [6, 6.07) is 8.42. The first kappa shape index (κ1) is 17.5. The van der Waals surface area contributed by atoms with Crippen LogP contribution in [0, 0.1) is 16.7 Å². The topological polar surface area (TPSA) is 99.4 Å². The molecular formula is C16H20N2O4. The Balaban J connectivity index is 2.68. The summed E-state index contributed by atoms with van der Waals surface area (Å²) in [7, 11) is 0. The lowest BCUT2D eigenvalue weighted by atomic mass is 9.79. The molecule has 1 aromatic carbocycles. The van der Waals surface area contributed by atoms with E-state index in [1.54, 1.807) is 38.1 Å². The van der Waals surface area contributed by atoms with Gasteiger partial charge < -0.3 is 15.2 Å². The predicted octanol–water partition coefficient (Wildman–Crippen LogP) is 2.81. The van der Waals surface area contributed by atoms with Crippen LogP contribution in [-0.2, 0) is 9.59 Å². The first-order chi connectivity index (χ1) is 10.5. The van der Waals surface area contributed by atoms with E-state index in [1.807, 2.05) is 6.07 Å². The Hall–Kier alpha value is -2.55. The maximum absolute atomic E-state index is 12.1. The Morgan fingerprint density at radius 2 is 1.86 bits per heavy atom. The zero-order valence-corrected chi connectivity index (χ0v) is 12.8. The highest BCUT2D eigenvalue weighted by Crippen LogP contribution is 2.31. The van der Waals surface area contributed by atoms with Crippen LogP contribution in [0.5, 0.6) is 5.75 Å². The van der Waals surface area contributed by atoms with Crippen LogP contribution < -0.4 is 10.1 Å². The molecule has 0 radical (unpaired) electrons. The van der Waals surface area contributed by atoms with Gasteiger partial charge >= 0.3 is 5.97 Å². The third-order valence-corrected chi connectivity index (χ3v) is 3.75. The summed E-state index contributed by atoms with van der Waals surface area (Å²) in [5.41, 5.74) is -0.472. The Bertz CT molecular complexity index is 557. The van der Waals surface area contributed by atoms with E-state index in [2.05, 4.69) is 5.32 Å². The molecule has 0 saturated heterocycles. The Morgan fingerprint density at radius 1 is 1.27 bits per heavy atom. The van der Waals surface area contributed by atoms with E-state index in [1.165, 1.54) is 0 Å². The molecule has 0 aliphatic heterocycles. The number of hydrogen-bond acceptors (Lipinski definition) is 4. The van der Waals surface area contributed by atoms with Gasteiger partial charge in [0.1, 0.15) is 11.8 Å². The molecular weight excluding hydrogens is 284 g/mol. The Kier molecular flexibility index (Phi) is 6.39. The third kappa shape index (κ3) is 4.48. The second-order valence-electron chi connectivity index (χ2n) is 4.99. The van der Waals surface area contributed by atoms with Gasteiger partial charge in [-0.25, -0.2) is 0 Å². The van der Waals surface area contributed by atoms with Gasteiger partial charge in [-0.3, -0.25) is 9.59 Å². The standard InChI is InChI=1S/C16H20N2O4/c1-3-16(4-2,15(20)21)11-14(19)18-12-5-7-13(8-6-12)22-10-9-17/h5-8H,3-4,10-11H2,1-2H3,(H,18,19)(H,20,21). The second kappa shape index (κ2) is 8.03. The maximum atomic E-state index is 12.1. The molecule has 0 spiro atoms. The molecule has 0 aliphatic carbocycles. The summed E-state index contributed by atoms with van der Waals surface area (Å²) < 4.78 is 5.11. The lowest BCUT2D eigenvalue weighted by Crippen LogP contribution is -2.34. The highest BCUT2D eigenvalue weighted by molar-refractivity contribution is 5.94. The zero-order chi connectivity index (χ0) is 16.6. The van der Waals surface area contributed by atoms with Gasteiger partial charge in [0, 0.05) is 12.1 Å². The molecule has 6 heteroatoms. The molecule has 0 aliphatic rings. The predicted molar refractivity (Wildman–Crippen MR) is 81.4 cm³/mol. The lowest BCUT2D eigenvalue weighted by Gasteiger charge is -2.25. The first-order valence-electron chi connectivity index (χ1n) is 7.10. The Morgan fingerprint density at radius 3 is 2.32 bits per heavy atom. The third-order valence-electron chi connectivity index (χ3n) is 3.75. The largest absolute Gasteiger partial charge is 0.481 e. The van der Waals surface area contributed by atoms with Gasteiger partial charge in [0.2, 0.25) is 5.91 Å². The lowest BCUT2D eigenvalue weighted by molar-refractivity contribution is -0.151. The SMILES string of the molecule is CCC(CC)(CC(=O)Nc1ccc(OCC#N)cc1)C(=O)O. The molecule has 0 aromatic heterocycles. The molecule has 1 aromatic rings. The Labute approximate surface area is 129 Å². The van der Waals surface area contributed by atoms with Gasteiger partial charge in [-0.1, -0.05) is 13.8 Å². The summed E-state index contributed by atoms with van der Waals surface area (Å²) in [4.78, 5) is 23.5. The van der Waals surface area contributed by atoms with E-state index in [9.17, 15) is 14.7 Å². The number of anilines is 1. The number of nitrogens with one attached hydrogen (secondary N) is 1. The molecule has 1 rings (SSSR count). The van der Waals surface area contributed by atoms with E-state index in [0.29, 0.717) is 24.3 Å². The monoisotopic (exact) mass is 304 g/mol. The van der Waals surface area contributed by atoms with Crippen molar-refractivity contribution in [1.82, 2.24) is 0 Å². The van der Waals surface area contributed by atoms with Crippen LogP contribution in [0.25, 0.3) is 0 Å². The van der Waals surface area contributed by atoms with Crippen LogP contribution in [0.15, 0.2) is 24.3 Å². The number of ether oxygens (including phenoxy) is 1. The summed E-state index contributed by atoms with van der Waals surface area (Å²) in [6.07, 6.45) is 0.725. The number of rotatable bonds is 8. The summed E-state index contributed by atoms with van der Waals surface area (Å²) in [6.45, 7) is 3.50. The fraction of sp³-hybridized carbons (Fsp3) is 0.438. The van der Waals surface area contributed by atoms with Crippen LogP contribution in [0.2, 0.25) is 0 Å². The van der Waals surface area contributed by atoms with E-state index in [-0.39, 0.29) is 18.9 Å². The highest BCUT2D eigenvalue weighted by Gasteiger charge is 2.37. The van der Waals surface area contributed by atoms with E-state index < -0.39 is 11.4 Å². The van der Waals surface area contributed by atoms with Gasteiger partial charge in [0.05, 0.1) is 5.41 Å². The zero-order valence-electron chi connectivity index (χ0n) is 12.8. The molecule has 0 saturated carbocycles. The number of carboxylic acids is 1. The van der Waals surface area contributed by atoms with Crippen LogP contribution in [0.3, 0.4) is 0 Å². The van der Waals surface area contributed by atoms with Crippen molar-refractivity contribution in [3.8, 4) is 11.8 Å². The minimum Gasteiger partial charge on any atom is -0.481 e. The van der Waals surface area contributed by atoms with Crippen molar-refractivity contribution in [3.63, 3.8) is 0 Å². The average molecular weight is 304 g/mol. The molecule has 0 bridgehead atoms. The molecule has 118 valence electrons. The quantitative estimate of drug-likeness (QED) is 0.769. The van der Waals surface area contributed by atoms with E-state index >= 15 is 0 Å². The molecule has 1 amide bonds. The molecule has 0 fully saturated rings. The van der Waals surface area contributed by atoms with Crippen molar-refractivity contribution in [3.05, 3.63) is 24.3 Å². The number of hydrogen-bond donors (Lipinski definition) is 2. The highest BCUT2D eigenvalue weighted by atomic mass is 16.5. The van der Waals surface area contributed by atoms with Crippen LogP contribution in [-0.4, -0.2) is 23.6 Å². The fourth-order valence-corrected chi connectivity index (χ4v) is 2.14. The molecule has 0 heterocycles. The molecule has 0 unspecified atom stereocenters. The number of carbonyl (C=O) groups is 2. The number of amides is 1. The summed E-state index contributed by atoms with van der Waals surface area (Å²) >= 11 is 0. The number of aliphatic carboxylic acids is 1. The number of benzene rings is 1. The summed E-state index contributed by atoms with van der Waals surface area (Å²) in [5.74, 6) is -0.758. The normalized spacial score (nSPS) is 10.6. The molecule has 0 atom stereocenters. The number of carboxylic acid groups (broad SMARTS) is 1. The van der Waals surface area contributed by atoms with Crippen molar-refractivity contribution in [2.24, 2.45) is 5.41 Å². The van der Waals surface area contributed by atoms with Crippen molar-refractivity contribution in [2.45, 2.75) is 33.1 Å². The average Bonchev–Trinajstić information content (AvgIpc) is 2.51. The van der Waals surface area contributed by atoms with E-state index in [4.69, 9.17) is 10.00 Å². The second-order valence-corrected chi connectivity index (χ2v) is 4.99. The fourth-order valence-electron chi connectivity index (χ4n) is 2.14. The number of carbonyl (C=O) groups excluding carboxylic acids is 1. The molecule has 6 nitrogen and oxygen atoms in total. The van der Waals surface area contributed by atoms with E-state index in [0.717, 1.165) is 0 Å². The van der Waals surface area contributed by atoms with Crippen molar-refractivity contribution >= 4 is 17.6 Å². The number of nitrogens with zero attached hydrogens (tertiary/aromatic N) is 1. The maximum Gasteiger partial charge on any atom is 0.310 e. The van der Waals surface area contributed by atoms with Crippen LogP contribution in [0.4, 0.5) is 5.69 Å². The minimum absolute atomic E-state index is 0.0418. The van der Waals surface area contributed by atoms with Gasteiger partial charge in [-0.15, -0.1) is 0 Å². The van der Waals surface area contributed by atoms with Gasteiger partial charge in [-0.2, -0.15) is 5.26 Å².